The van der Waals surface area contributed by atoms with Crippen LogP contribution in [0.15, 0.2) is 23.1 Å². The summed E-state index contributed by atoms with van der Waals surface area (Å²) in [4.78, 5) is 11.5. The van der Waals surface area contributed by atoms with Gasteiger partial charge in [0.15, 0.2) is 9.84 Å². The number of aliphatic hydroxyl groups is 1. The van der Waals surface area contributed by atoms with Crippen molar-refractivity contribution in [2.45, 2.75) is 24.3 Å². The van der Waals surface area contributed by atoms with Gasteiger partial charge in [0, 0.05) is 32.0 Å². The first-order valence-electron chi connectivity index (χ1n) is 5.84. The van der Waals surface area contributed by atoms with E-state index >= 15 is 0 Å². The van der Waals surface area contributed by atoms with Gasteiger partial charge >= 0.3 is 0 Å². The molecule has 0 fully saturated rings. The Morgan fingerprint density at radius 3 is 2.35 bits per heavy atom. The van der Waals surface area contributed by atoms with Crippen molar-refractivity contribution in [3.05, 3.63) is 28.3 Å². The quantitative estimate of drug-likeness (QED) is 0.648. The third-order valence-corrected chi connectivity index (χ3v) is 3.71. The van der Waals surface area contributed by atoms with Gasteiger partial charge in [-0.15, -0.1) is 0 Å². The average Bonchev–Trinajstić information content (AvgIpc) is 2.24. The molecule has 8 heteroatoms. The van der Waals surface area contributed by atoms with Crippen LogP contribution in [0, 0.1) is 10.1 Å². The van der Waals surface area contributed by atoms with Gasteiger partial charge in [-0.3, -0.25) is 10.1 Å². The van der Waals surface area contributed by atoms with E-state index in [1.807, 2.05) is 0 Å². The largest absolute Gasteiger partial charge is 0.389 e. The summed E-state index contributed by atoms with van der Waals surface area (Å²) in [5, 5.41) is 20.5. The number of nitro groups is 1. The minimum absolute atomic E-state index is 0.126. The van der Waals surface area contributed by atoms with Gasteiger partial charge in [-0.1, -0.05) is 0 Å². The first-order chi connectivity index (χ1) is 8.92. The predicted molar refractivity (Wildman–Crippen MR) is 75.8 cm³/mol. The number of sulfone groups is 1. The standard InChI is InChI=1S/C12H18N2O5S/c1-12(2,15)8-13(3)10-6-5-9(14(16)17)7-11(10)20(4,18)19/h5-7,15H,8H2,1-4H3. The van der Waals surface area contributed by atoms with Crippen molar-refractivity contribution in [3.63, 3.8) is 0 Å². The zero-order valence-corrected chi connectivity index (χ0v) is 12.6. The van der Waals surface area contributed by atoms with Crippen LogP contribution in [-0.2, 0) is 9.84 Å². The summed E-state index contributed by atoms with van der Waals surface area (Å²) < 4.78 is 23.6. The topological polar surface area (TPSA) is 101 Å². The van der Waals surface area contributed by atoms with E-state index in [4.69, 9.17) is 0 Å². The predicted octanol–water partition coefficient (Wildman–Crippen LogP) is 1.21. The average molecular weight is 302 g/mol. The monoisotopic (exact) mass is 302 g/mol. The molecule has 0 aliphatic rings. The third-order valence-electron chi connectivity index (χ3n) is 2.59. The highest BCUT2D eigenvalue weighted by atomic mass is 32.2. The summed E-state index contributed by atoms with van der Waals surface area (Å²) in [6.45, 7) is 3.37. The zero-order valence-electron chi connectivity index (χ0n) is 11.8. The van der Waals surface area contributed by atoms with E-state index in [0.717, 1.165) is 12.3 Å². The van der Waals surface area contributed by atoms with Crippen LogP contribution in [0.5, 0.6) is 0 Å². The highest BCUT2D eigenvalue weighted by molar-refractivity contribution is 7.90. The van der Waals surface area contributed by atoms with Crippen molar-refractivity contribution in [1.82, 2.24) is 0 Å². The van der Waals surface area contributed by atoms with E-state index in [9.17, 15) is 23.6 Å². The summed E-state index contributed by atoms with van der Waals surface area (Å²) in [6.07, 6.45) is 0.994. The second kappa shape index (κ2) is 5.37. The molecule has 0 unspecified atom stereocenters. The number of hydrogen-bond donors (Lipinski definition) is 1. The smallest absolute Gasteiger partial charge is 0.270 e. The zero-order chi connectivity index (χ0) is 15.7. The Hall–Kier alpha value is -1.67. The minimum Gasteiger partial charge on any atom is -0.389 e. The second-order valence-electron chi connectivity index (χ2n) is 5.35. The Bertz CT molecular complexity index is 619. The maximum atomic E-state index is 11.8. The Balaban J connectivity index is 3.36. The molecule has 7 nitrogen and oxygen atoms in total. The van der Waals surface area contributed by atoms with Crippen LogP contribution in [0.1, 0.15) is 13.8 Å². The van der Waals surface area contributed by atoms with Gasteiger partial charge in [-0.25, -0.2) is 8.42 Å². The van der Waals surface area contributed by atoms with Crippen LogP contribution in [0.25, 0.3) is 0 Å². The van der Waals surface area contributed by atoms with Crippen LogP contribution >= 0.6 is 0 Å². The number of rotatable bonds is 5. The van der Waals surface area contributed by atoms with Gasteiger partial charge < -0.3 is 10.0 Å². The lowest BCUT2D eigenvalue weighted by atomic mass is 10.1. The number of benzene rings is 1. The van der Waals surface area contributed by atoms with Gasteiger partial charge in [-0.2, -0.15) is 0 Å². The first kappa shape index (κ1) is 16.4. The van der Waals surface area contributed by atoms with Gasteiger partial charge in [0.25, 0.3) is 5.69 Å². The van der Waals surface area contributed by atoms with E-state index in [0.29, 0.717) is 5.69 Å². The third kappa shape index (κ3) is 4.17. The van der Waals surface area contributed by atoms with Gasteiger partial charge in [0.05, 0.1) is 21.1 Å². The Morgan fingerprint density at radius 1 is 1.40 bits per heavy atom. The molecular formula is C12H18N2O5S. The Morgan fingerprint density at radius 2 is 1.95 bits per heavy atom. The van der Waals surface area contributed by atoms with E-state index < -0.39 is 20.4 Å². The SMILES string of the molecule is CN(CC(C)(C)O)c1ccc([N+](=O)[O-])cc1S(C)(=O)=O. The number of nitro benzene ring substituents is 1. The fourth-order valence-electron chi connectivity index (χ4n) is 1.89. The summed E-state index contributed by atoms with van der Waals surface area (Å²) in [7, 11) is -2.00. The number of anilines is 1. The molecule has 112 valence electrons. The molecule has 0 atom stereocenters. The van der Waals surface area contributed by atoms with E-state index in [-0.39, 0.29) is 17.1 Å². The molecular weight excluding hydrogens is 284 g/mol. The van der Waals surface area contributed by atoms with E-state index in [1.165, 1.54) is 12.1 Å². The molecule has 1 rings (SSSR count). The highest BCUT2D eigenvalue weighted by Gasteiger charge is 2.23. The normalized spacial score (nSPS) is 12.2. The lowest BCUT2D eigenvalue weighted by Gasteiger charge is -2.28. The van der Waals surface area contributed by atoms with Gasteiger partial charge in [0.1, 0.15) is 0 Å². The molecule has 0 radical (unpaired) electrons. The fourth-order valence-corrected chi connectivity index (χ4v) is 2.83. The molecule has 0 saturated carbocycles. The van der Waals surface area contributed by atoms with Crippen molar-refractivity contribution in [1.29, 1.82) is 0 Å². The van der Waals surface area contributed by atoms with Crippen molar-refractivity contribution in [2.24, 2.45) is 0 Å². The molecule has 0 aliphatic carbocycles. The van der Waals surface area contributed by atoms with E-state index in [1.54, 1.807) is 25.8 Å². The van der Waals surface area contributed by atoms with Gasteiger partial charge in [-0.05, 0) is 19.9 Å². The molecule has 0 heterocycles. The second-order valence-corrected chi connectivity index (χ2v) is 7.33. The molecule has 20 heavy (non-hydrogen) atoms. The molecule has 0 amide bonds. The number of nitrogens with zero attached hydrogens (tertiary/aromatic N) is 2. The maximum Gasteiger partial charge on any atom is 0.270 e. The van der Waals surface area contributed by atoms with Crippen LogP contribution < -0.4 is 4.90 Å². The number of non-ortho nitro benzene ring substituents is 1. The summed E-state index contributed by atoms with van der Waals surface area (Å²) >= 11 is 0. The van der Waals surface area contributed by atoms with Crippen LogP contribution in [0.3, 0.4) is 0 Å². The van der Waals surface area contributed by atoms with Crippen LogP contribution in [-0.4, -0.2) is 43.9 Å². The molecule has 1 aromatic carbocycles. The molecule has 0 aliphatic heterocycles. The highest BCUT2D eigenvalue weighted by Crippen LogP contribution is 2.29. The molecule has 0 bridgehead atoms. The van der Waals surface area contributed by atoms with Crippen molar-refractivity contribution < 1.29 is 18.4 Å². The maximum absolute atomic E-state index is 11.8. The lowest BCUT2D eigenvalue weighted by molar-refractivity contribution is -0.385. The minimum atomic E-state index is -3.62. The summed E-state index contributed by atoms with van der Waals surface area (Å²) in [5.41, 5.74) is -0.989. The summed E-state index contributed by atoms with van der Waals surface area (Å²) in [6, 6.07) is 3.65. The lowest BCUT2D eigenvalue weighted by Crippen LogP contribution is -2.36. The first-order valence-corrected chi connectivity index (χ1v) is 7.73. The van der Waals surface area contributed by atoms with Crippen molar-refractivity contribution >= 4 is 21.2 Å². The fraction of sp³-hybridized carbons (Fsp3) is 0.500. The molecule has 0 saturated heterocycles. The van der Waals surface area contributed by atoms with Gasteiger partial charge in [0.2, 0.25) is 0 Å². The summed E-state index contributed by atoms with van der Waals surface area (Å²) in [5.74, 6) is 0. The van der Waals surface area contributed by atoms with Crippen LogP contribution in [0.2, 0.25) is 0 Å². The number of hydrogen-bond acceptors (Lipinski definition) is 6. The Kier molecular flexibility index (Phi) is 4.40. The molecule has 1 N–H and O–H groups in total. The Labute approximate surface area is 117 Å². The molecule has 0 aromatic heterocycles. The van der Waals surface area contributed by atoms with E-state index in [2.05, 4.69) is 0 Å². The van der Waals surface area contributed by atoms with Crippen LogP contribution in [0.4, 0.5) is 11.4 Å². The van der Waals surface area contributed by atoms with Crippen molar-refractivity contribution in [2.75, 3.05) is 24.7 Å². The molecule has 1 aromatic rings. The van der Waals surface area contributed by atoms with Crippen molar-refractivity contribution in [3.8, 4) is 0 Å². The molecule has 0 spiro atoms. The number of likely N-dealkylation sites (N-methyl/N-ethyl adjacent to an activating group) is 1.